The molecule has 0 saturated heterocycles. The maximum atomic E-state index is 6.01. The van der Waals surface area contributed by atoms with Crippen LogP contribution in [0, 0.1) is 0 Å². The number of hydrogen-bond donors (Lipinski definition) is 1. The molecule has 0 amide bonds. The molecule has 0 unspecified atom stereocenters. The van der Waals surface area contributed by atoms with Crippen LogP contribution in [0.5, 0.6) is 0 Å². The molecule has 2 N–H and O–H groups in total. The van der Waals surface area contributed by atoms with Gasteiger partial charge in [-0.05, 0) is 24.3 Å². The van der Waals surface area contributed by atoms with E-state index in [1.807, 2.05) is 41.8 Å². The van der Waals surface area contributed by atoms with Gasteiger partial charge in [0.15, 0.2) is 5.82 Å². The third-order valence-corrected chi connectivity index (χ3v) is 4.73. The molecule has 0 aliphatic heterocycles. The van der Waals surface area contributed by atoms with E-state index in [0.29, 0.717) is 16.9 Å². The molecule has 8 heteroatoms. The van der Waals surface area contributed by atoms with Crippen LogP contribution in [0.3, 0.4) is 0 Å². The smallest absolute Gasteiger partial charge is 0.226 e. The average Bonchev–Trinajstić information content (AvgIpc) is 3.23. The van der Waals surface area contributed by atoms with Gasteiger partial charge in [-0.3, -0.25) is 4.98 Å². The molecule has 0 saturated carbocycles. The fraction of sp³-hybridized carbons (Fsp3) is 0. The number of thiazole rings is 1. The highest BCUT2D eigenvalue weighted by atomic mass is 79.9. The zero-order chi connectivity index (χ0) is 16.5. The molecule has 24 heavy (non-hydrogen) atoms. The van der Waals surface area contributed by atoms with Gasteiger partial charge >= 0.3 is 0 Å². The summed E-state index contributed by atoms with van der Waals surface area (Å²) in [5.41, 5.74) is 8.79. The quantitative estimate of drug-likeness (QED) is 0.567. The van der Waals surface area contributed by atoms with Crippen LogP contribution in [-0.2, 0) is 0 Å². The van der Waals surface area contributed by atoms with E-state index in [0.717, 1.165) is 21.3 Å². The summed E-state index contributed by atoms with van der Waals surface area (Å²) in [5, 5.41) is 7.12. The number of nitrogen functional groups attached to an aromatic ring is 1. The Morgan fingerprint density at radius 2 is 1.71 bits per heavy atom. The lowest BCUT2D eigenvalue weighted by atomic mass is 10.2. The molecule has 0 radical (unpaired) electrons. The Hall–Kier alpha value is -2.58. The lowest BCUT2D eigenvalue weighted by molar-refractivity contribution is 0.883. The fourth-order valence-electron chi connectivity index (χ4n) is 2.20. The molecule has 0 aliphatic rings. The monoisotopic (exact) mass is 398 g/mol. The van der Waals surface area contributed by atoms with E-state index >= 15 is 0 Å². The number of pyridine rings is 1. The predicted molar refractivity (Wildman–Crippen MR) is 97.8 cm³/mol. The molecular weight excluding hydrogens is 388 g/mol. The molecule has 0 atom stereocenters. The molecule has 0 fully saturated rings. The van der Waals surface area contributed by atoms with Gasteiger partial charge in [-0.15, -0.1) is 16.4 Å². The van der Waals surface area contributed by atoms with E-state index in [-0.39, 0.29) is 0 Å². The van der Waals surface area contributed by atoms with Crippen LogP contribution >= 0.6 is 27.3 Å². The van der Waals surface area contributed by atoms with Gasteiger partial charge in [-0.2, -0.15) is 9.67 Å². The lowest BCUT2D eigenvalue weighted by Crippen LogP contribution is -2.01. The van der Waals surface area contributed by atoms with Crippen molar-refractivity contribution in [1.82, 2.24) is 24.7 Å². The van der Waals surface area contributed by atoms with Crippen molar-refractivity contribution in [3.8, 4) is 27.8 Å². The Labute approximate surface area is 150 Å². The van der Waals surface area contributed by atoms with Gasteiger partial charge in [0.2, 0.25) is 11.1 Å². The third-order valence-electron chi connectivity index (χ3n) is 3.38. The van der Waals surface area contributed by atoms with Crippen molar-refractivity contribution < 1.29 is 0 Å². The Bertz CT molecular complexity index is 977. The van der Waals surface area contributed by atoms with Crippen molar-refractivity contribution in [2.45, 2.75) is 0 Å². The van der Waals surface area contributed by atoms with Gasteiger partial charge in [-0.25, -0.2) is 4.98 Å². The first kappa shape index (κ1) is 15.0. The van der Waals surface area contributed by atoms with E-state index in [9.17, 15) is 0 Å². The second-order valence-corrected chi connectivity index (χ2v) is 6.72. The van der Waals surface area contributed by atoms with Crippen LogP contribution in [0.2, 0.25) is 0 Å². The zero-order valence-corrected chi connectivity index (χ0v) is 14.7. The number of benzene rings is 1. The van der Waals surface area contributed by atoms with Gasteiger partial charge in [0.1, 0.15) is 0 Å². The number of aromatic nitrogens is 5. The Balaban J connectivity index is 1.70. The molecule has 0 spiro atoms. The molecule has 3 heterocycles. The van der Waals surface area contributed by atoms with E-state index in [1.165, 1.54) is 11.3 Å². The van der Waals surface area contributed by atoms with Gasteiger partial charge in [0.25, 0.3) is 0 Å². The molecule has 3 aromatic heterocycles. The second-order valence-electron chi connectivity index (χ2n) is 4.96. The number of rotatable bonds is 3. The summed E-state index contributed by atoms with van der Waals surface area (Å²) in [5.74, 6) is 0.855. The largest absolute Gasteiger partial charge is 0.368 e. The number of anilines is 1. The van der Waals surface area contributed by atoms with Crippen molar-refractivity contribution in [2.75, 3.05) is 5.73 Å². The molecule has 1 aromatic carbocycles. The first-order valence-electron chi connectivity index (χ1n) is 7.05. The van der Waals surface area contributed by atoms with E-state index in [2.05, 4.69) is 36.0 Å². The summed E-state index contributed by atoms with van der Waals surface area (Å²) >= 11 is 4.90. The van der Waals surface area contributed by atoms with Crippen molar-refractivity contribution in [3.05, 3.63) is 58.6 Å². The topological polar surface area (TPSA) is 82.5 Å². The van der Waals surface area contributed by atoms with Crippen LogP contribution in [-0.4, -0.2) is 24.7 Å². The highest BCUT2D eigenvalue weighted by Crippen LogP contribution is 2.27. The first-order valence-corrected chi connectivity index (χ1v) is 8.73. The minimum Gasteiger partial charge on any atom is -0.368 e. The van der Waals surface area contributed by atoms with Gasteiger partial charge in [0, 0.05) is 33.4 Å². The SMILES string of the molecule is Nc1nc(-c2ccncc2)nn1-c1nc(-c2ccc(Br)cc2)cs1. The molecule has 0 aliphatic carbocycles. The molecule has 118 valence electrons. The lowest BCUT2D eigenvalue weighted by Gasteiger charge is -1.97. The number of nitrogens with two attached hydrogens (primary N) is 1. The van der Waals surface area contributed by atoms with Crippen LogP contribution in [0.1, 0.15) is 0 Å². The van der Waals surface area contributed by atoms with Crippen LogP contribution < -0.4 is 5.73 Å². The summed E-state index contributed by atoms with van der Waals surface area (Å²) in [6.07, 6.45) is 3.39. The van der Waals surface area contributed by atoms with Crippen LogP contribution in [0.25, 0.3) is 27.8 Å². The maximum absolute atomic E-state index is 6.01. The third kappa shape index (κ3) is 2.81. The zero-order valence-electron chi connectivity index (χ0n) is 12.3. The van der Waals surface area contributed by atoms with Gasteiger partial charge in [0.05, 0.1) is 5.69 Å². The van der Waals surface area contributed by atoms with Gasteiger partial charge < -0.3 is 5.73 Å². The predicted octanol–water partition coefficient (Wildman–Crippen LogP) is 3.80. The van der Waals surface area contributed by atoms with Gasteiger partial charge in [-0.1, -0.05) is 28.1 Å². The number of nitrogens with zero attached hydrogens (tertiary/aromatic N) is 5. The molecule has 0 bridgehead atoms. The minimum atomic E-state index is 0.304. The Kier molecular flexibility index (Phi) is 3.83. The van der Waals surface area contributed by atoms with E-state index in [1.54, 1.807) is 17.1 Å². The van der Waals surface area contributed by atoms with E-state index < -0.39 is 0 Å². The molecule has 4 rings (SSSR count). The van der Waals surface area contributed by atoms with Crippen molar-refractivity contribution >= 4 is 33.2 Å². The van der Waals surface area contributed by atoms with Crippen molar-refractivity contribution in [2.24, 2.45) is 0 Å². The average molecular weight is 399 g/mol. The van der Waals surface area contributed by atoms with Crippen LogP contribution in [0.15, 0.2) is 58.6 Å². The summed E-state index contributed by atoms with van der Waals surface area (Å²) in [6.45, 7) is 0. The summed E-state index contributed by atoms with van der Waals surface area (Å²) in [6, 6.07) is 11.7. The van der Waals surface area contributed by atoms with Crippen LogP contribution in [0.4, 0.5) is 5.95 Å². The number of halogens is 1. The standard InChI is InChI=1S/C16H11BrN6S/c17-12-3-1-10(2-4-12)13-9-24-16(20-13)23-15(18)21-14(22-23)11-5-7-19-8-6-11/h1-9H,(H2,18,21,22). The molecule has 6 nitrogen and oxygen atoms in total. The molecular formula is C16H11BrN6S. The highest BCUT2D eigenvalue weighted by Gasteiger charge is 2.14. The summed E-state index contributed by atoms with van der Waals surface area (Å²) in [4.78, 5) is 12.9. The Morgan fingerprint density at radius 3 is 2.46 bits per heavy atom. The Morgan fingerprint density at radius 1 is 0.958 bits per heavy atom. The second kappa shape index (κ2) is 6.14. The van der Waals surface area contributed by atoms with Crippen molar-refractivity contribution in [3.63, 3.8) is 0 Å². The highest BCUT2D eigenvalue weighted by molar-refractivity contribution is 9.10. The summed E-state index contributed by atoms with van der Waals surface area (Å²) in [7, 11) is 0. The minimum absolute atomic E-state index is 0.304. The van der Waals surface area contributed by atoms with Crippen molar-refractivity contribution in [1.29, 1.82) is 0 Å². The fourth-order valence-corrected chi connectivity index (χ4v) is 3.26. The maximum Gasteiger partial charge on any atom is 0.226 e. The van der Waals surface area contributed by atoms with E-state index in [4.69, 9.17) is 5.73 Å². The molecule has 4 aromatic rings. The normalized spacial score (nSPS) is 10.9. The summed E-state index contributed by atoms with van der Waals surface area (Å²) < 4.78 is 2.59. The first-order chi connectivity index (χ1) is 11.7. The number of hydrogen-bond acceptors (Lipinski definition) is 6.